The quantitative estimate of drug-likeness (QED) is 0.114. The van der Waals surface area contributed by atoms with E-state index in [1.54, 1.807) is 36.5 Å². The van der Waals surface area contributed by atoms with Gasteiger partial charge < -0.3 is 20.1 Å². The minimum atomic E-state index is -3.48. The second kappa shape index (κ2) is 11.9. The normalized spacial score (nSPS) is 16.1. The predicted molar refractivity (Wildman–Crippen MR) is 164 cm³/mol. The largest absolute Gasteiger partial charge is 0.494 e. The summed E-state index contributed by atoms with van der Waals surface area (Å²) in [6, 6.07) is 19.6. The summed E-state index contributed by atoms with van der Waals surface area (Å²) in [6.07, 6.45) is 7.93. The van der Waals surface area contributed by atoms with Crippen LogP contribution in [0.4, 0.5) is 11.5 Å². The number of anilines is 2. The van der Waals surface area contributed by atoms with Crippen molar-refractivity contribution in [2.24, 2.45) is 5.41 Å². The lowest BCUT2D eigenvalue weighted by Crippen LogP contribution is -2.35. The van der Waals surface area contributed by atoms with Crippen molar-refractivity contribution < 1.29 is 31.7 Å². The van der Waals surface area contributed by atoms with E-state index in [-0.39, 0.29) is 11.8 Å². The highest BCUT2D eigenvalue weighted by atomic mass is 32.2. The number of hydrogen-bond acceptors (Lipinski definition) is 9. The van der Waals surface area contributed by atoms with Crippen LogP contribution in [0.3, 0.4) is 0 Å². The number of benzene rings is 2. The van der Waals surface area contributed by atoms with E-state index in [1.807, 2.05) is 36.4 Å². The third-order valence-corrected chi connectivity index (χ3v) is 8.37. The number of aromatic nitrogens is 2. The summed E-state index contributed by atoms with van der Waals surface area (Å²) in [7, 11) is -3.48. The van der Waals surface area contributed by atoms with E-state index in [2.05, 4.69) is 20.6 Å². The summed E-state index contributed by atoms with van der Waals surface area (Å²) in [6.45, 7) is 0.421. The molecule has 12 heteroatoms. The van der Waals surface area contributed by atoms with Gasteiger partial charge in [-0.2, -0.15) is 8.42 Å². The van der Waals surface area contributed by atoms with Crippen LogP contribution in [0.1, 0.15) is 38.5 Å². The van der Waals surface area contributed by atoms with Gasteiger partial charge in [0, 0.05) is 23.3 Å². The standard InChI is InChI=1S/C32H32N4O7S/c1-44(39,40)43-31(14-15-31)13-5-19-41-23-8-10-25-26(20-23)33-18-12-27(25)42-24-9-11-28(34-21-24)36-30(38)32(16-17-32)29(37)35-22-6-3-2-4-7-22/h2-4,6-12,18,20-21H,5,13-17,19H2,1H3,(H,35,37)(H,34,36,38). The number of ether oxygens (including phenoxy) is 2. The molecule has 0 atom stereocenters. The molecule has 2 saturated carbocycles. The topological polar surface area (TPSA) is 146 Å². The van der Waals surface area contributed by atoms with Crippen LogP contribution in [-0.2, 0) is 23.9 Å². The van der Waals surface area contributed by atoms with E-state index in [4.69, 9.17) is 13.7 Å². The van der Waals surface area contributed by atoms with E-state index < -0.39 is 21.1 Å². The van der Waals surface area contributed by atoms with Gasteiger partial charge in [-0.3, -0.25) is 18.8 Å². The molecule has 4 aromatic rings. The number of hydrogen-bond donors (Lipinski definition) is 2. The predicted octanol–water partition coefficient (Wildman–Crippen LogP) is 5.45. The lowest BCUT2D eigenvalue weighted by atomic mass is 10.1. The van der Waals surface area contributed by atoms with Gasteiger partial charge >= 0.3 is 0 Å². The number of fused-ring (bicyclic) bond motifs is 1. The number of carbonyl (C=O) groups is 2. The first kappa shape index (κ1) is 29.5. The Morgan fingerprint density at radius 3 is 2.32 bits per heavy atom. The summed E-state index contributed by atoms with van der Waals surface area (Å²) in [4.78, 5) is 34.5. The van der Waals surface area contributed by atoms with Crippen molar-refractivity contribution in [2.45, 2.75) is 44.1 Å². The Morgan fingerprint density at radius 2 is 1.64 bits per heavy atom. The molecule has 2 fully saturated rings. The highest BCUT2D eigenvalue weighted by Crippen LogP contribution is 2.47. The zero-order chi connectivity index (χ0) is 30.8. The van der Waals surface area contributed by atoms with Crippen molar-refractivity contribution in [3.63, 3.8) is 0 Å². The zero-order valence-electron chi connectivity index (χ0n) is 24.1. The molecule has 11 nitrogen and oxygen atoms in total. The highest BCUT2D eigenvalue weighted by molar-refractivity contribution is 7.86. The lowest BCUT2D eigenvalue weighted by Gasteiger charge is -2.15. The number of rotatable bonds is 13. The summed E-state index contributed by atoms with van der Waals surface area (Å²) in [5.41, 5.74) is -0.341. The van der Waals surface area contributed by atoms with Crippen LogP contribution in [0.25, 0.3) is 10.9 Å². The van der Waals surface area contributed by atoms with Crippen molar-refractivity contribution in [3.8, 4) is 17.2 Å². The van der Waals surface area contributed by atoms with Gasteiger partial charge in [-0.1, -0.05) is 18.2 Å². The van der Waals surface area contributed by atoms with Crippen molar-refractivity contribution in [1.29, 1.82) is 0 Å². The molecule has 0 spiro atoms. The third kappa shape index (κ3) is 6.98. The average molecular weight is 617 g/mol. The Balaban J connectivity index is 1.03. The van der Waals surface area contributed by atoms with Crippen LogP contribution in [0.15, 0.2) is 79.1 Å². The van der Waals surface area contributed by atoms with Crippen LogP contribution in [0, 0.1) is 5.41 Å². The van der Waals surface area contributed by atoms with E-state index in [1.165, 1.54) is 6.20 Å². The number of nitrogens with zero attached hydrogens (tertiary/aromatic N) is 2. The second-order valence-electron chi connectivity index (χ2n) is 11.2. The Kier molecular flexibility index (Phi) is 7.95. The van der Waals surface area contributed by atoms with Crippen molar-refractivity contribution >= 4 is 44.3 Å². The highest BCUT2D eigenvalue weighted by Gasteiger charge is 2.56. The Labute approximate surface area is 255 Å². The van der Waals surface area contributed by atoms with Gasteiger partial charge in [0.05, 0.1) is 30.2 Å². The molecule has 0 unspecified atom stereocenters. The lowest BCUT2D eigenvalue weighted by molar-refractivity contribution is -0.131. The Bertz CT molecular complexity index is 1790. The molecule has 6 rings (SSSR count). The molecular formula is C32H32N4O7S. The number of amides is 2. The van der Waals surface area contributed by atoms with Crippen LogP contribution in [0.2, 0.25) is 0 Å². The Hall–Kier alpha value is -4.55. The third-order valence-electron chi connectivity index (χ3n) is 7.71. The molecule has 2 aliphatic carbocycles. The molecule has 44 heavy (non-hydrogen) atoms. The maximum Gasteiger partial charge on any atom is 0.264 e. The fourth-order valence-corrected chi connectivity index (χ4v) is 5.92. The van der Waals surface area contributed by atoms with E-state index in [9.17, 15) is 18.0 Å². The van der Waals surface area contributed by atoms with E-state index in [0.717, 1.165) is 24.5 Å². The average Bonchev–Trinajstić information content (AvgIpc) is 3.93. The monoisotopic (exact) mass is 616 g/mol. The maximum atomic E-state index is 13.0. The molecule has 0 bridgehead atoms. The summed E-state index contributed by atoms with van der Waals surface area (Å²) < 4.78 is 40.1. The van der Waals surface area contributed by atoms with Crippen LogP contribution >= 0.6 is 0 Å². The van der Waals surface area contributed by atoms with Gasteiger partial charge in [-0.25, -0.2) is 4.98 Å². The number of para-hydroxylation sites is 1. The molecule has 0 aliphatic heterocycles. The Morgan fingerprint density at radius 1 is 0.886 bits per heavy atom. The zero-order valence-corrected chi connectivity index (χ0v) is 24.9. The molecule has 2 N–H and O–H groups in total. The number of carbonyl (C=O) groups excluding carboxylic acids is 2. The van der Waals surface area contributed by atoms with Gasteiger partial charge in [0.15, 0.2) is 0 Å². The molecule has 2 amide bonds. The molecule has 228 valence electrons. The van der Waals surface area contributed by atoms with Crippen LogP contribution in [0.5, 0.6) is 17.2 Å². The van der Waals surface area contributed by atoms with Crippen molar-refractivity contribution in [2.75, 3.05) is 23.5 Å². The molecule has 0 radical (unpaired) electrons. The maximum absolute atomic E-state index is 13.0. The van der Waals surface area contributed by atoms with Crippen LogP contribution in [-0.4, -0.2) is 48.7 Å². The minimum Gasteiger partial charge on any atom is -0.494 e. The summed E-state index contributed by atoms with van der Waals surface area (Å²) in [5, 5.41) is 6.35. The first-order valence-electron chi connectivity index (χ1n) is 14.4. The van der Waals surface area contributed by atoms with E-state index in [0.29, 0.717) is 66.6 Å². The van der Waals surface area contributed by atoms with Gasteiger partial charge in [0.2, 0.25) is 11.8 Å². The van der Waals surface area contributed by atoms with Gasteiger partial charge in [-0.05, 0) is 81.0 Å². The summed E-state index contributed by atoms with van der Waals surface area (Å²) >= 11 is 0. The summed E-state index contributed by atoms with van der Waals surface area (Å²) in [5.74, 6) is 1.28. The molecular weight excluding hydrogens is 584 g/mol. The van der Waals surface area contributed by atoms with Crippen molar-refractivity contribution in [1.82, 2.24) is 9.97 Å². The van der Waals surface area contributed by atoms with Gasteiger partial charge in [-0.15, -0.1) is 0 Å². The molecule has 2 aromatic carbocycles. The fraction of sp³-hybridized carbons (Fsp3) is 0.312. The van der Waals surface area contributed by atoms with Gasteiger partial charge in [0.1, 0.15) is 28.5 Å². The first-order valence-corrected chi connectivity index (χ1v) is 16.2. The van der Waals surface area contributed by atoms with Crippen molar-refractivity contribution in [3.05, 3.63) is 79.1 Å². The smallest absolute Gasteiger partial charge is 0.264 e. The van der Waals surface area contributed by atoms with E-state index >= 15 is 0 Å². The minimum absolute atomic E-state index is 0.318. The number of nitrogens with one attached hydrogen (secondary N) is 2. The molecule has 2 aliphatic rings. The molecule has 2 heterocycles. The molecule has 0 saturated heterocycles. The molecule has 2 aromatic heterocycles. The first-order chi connectivity index (χ1) is 21.1. The van der Waals surface area contributed by atoms with Gasteiger partial charge in [0.25, 0.3) is 10.1 Å². The second-order valence-corrected chi connectivity index (χ2v) is 12.8. The number of pyridine rings is 2. The SMILES string of the molecule is CS(=O)(=O)OC1(CCCOc2ccc3c(Oc4ccc(NC(=O)C5(C(=O)Nc6ccccc6)CC5)nc4)ccnc3c2)CC1. The fourth-order valence-electron chi connectivity index (χ4n) is 5.03. The van der Waals surface area contributed by atoms with Crippen LogP contribution < -0.4 is 20.1 Å².